The van der Waals surface area contributed by atoms with Gasteiger partial charge in [0.05, 0.1) is 0 Å². The number of hydrogen-bond acceptors (Lipinski definition) is 2. The molecule has 0 fully saturated rings. The number of allylic oxidation sites excluding steroid dienone is 1. The van der Waals surface area contributed by atoms with E-state index in [1.807, 2.05) is 0 Å². The third-order valence-corrected chi connectivity index (χ3v) is 3.35. The Balaban J connectivity index is 1.65. The van der Waals surface area contributed by atoms with Crippen LogP contribution in [0.5, 0.6) is 5.75 Å². The standard InChI is InChI=1S/C16H20FNO2/c17-14-8-4-5-9-15(14)20-12-16(19)18-11-10-13-6-2-1-3-7-13/h4-6,8-9H,1-3,7,10-12H2,(H,18,19). The lowest BCUT2D eigenvalue weighted by atomic mass is 9.97. The quantitative estimate of drug-likeness (QED) is 0.811. The Bertz CT molecular complexity index is 485. The van der Waals surface area contributed by atoms with Crippen molar-refractivity contribution in [1.29, 1.82) is 0 Å². The van der Waals surface area contributed by atoms with Gasteiger partial charge in [0.2, 0.25) is 0 Å². The van der Waals surface area contributed by atoms with E-state index in [-0.39, 0.29) is 18.3 Å². The van der Waals surface area contributed by atoms with Crippen LogP contribution in [0.4, 0.5) is 4.39 Å². The first-order valence-corrected chi connectivity index (χ1v) is 7.07. The summed E-state index contributed by atoms with van der Waals surface area (Å²) in [6, 6.07) is 6.07. The molecule has 20 heavy (non-hydrogen) atoms. The molecule has 2 rings (SSSR count). The fourth-order valence-corrected chi connectivity index (χ4v) is 2.25. The second kappa shape index (κ2) is 7.68. The average molecular weight is 277 g/mol. The Morgan fingerprint density at radius 1 is 1.30 bits per heavy atom. The molecule has 0 atom stereocenters. The molecule has 0 spiro atoms. The first kappa shape index (κ1) is 14.6. The third kappa shape index (κ3) is 4.68. The number of para-hydroxylation sites is 1. The van der Waals surface area contributed by atoms with E-state index in [1.54, 1.807) is 12.1 Å². The molecule has 1 amide bonds. The SMILES string of the molecule is O=C(COc1ccccc1F)NCCC1=CCCCC1. The second-order valence-corrected chi connectivity index (χ2v) is 4.93. The van der Waals surface area contributed by atoms with E-state index in [1.165, 1.54) is 30.5 Å². The van der Waals surface area contributed by atoms with E-state index in [4.69, 9.17) is 4.74 Å². The van der Waals surface area contributed by atoms with Gasteiger partial charge in [-0.25, -0.2) is 4.39 Å². The zero-order valence-corrected chi connectivity index (χ0v) is 11.5. The highest BCUT2D eigenvalue weighted by atomic mass is 19.1. The molecule has 3 nitrogen and oxygen atoms in total. The number of benzene rings is 1. The molecule has 1 aromatic carbocycles. The van der Waals surface area contributed by atoms with Gasteiger partial charge < -0.3 is 10.1 Å². The predicted molar refractivity (Wildman–Crippen MR) is 76.1 cm³/mol. The highest BCUT2D eigenvalue weighted by molar-refractivity contribution is 5.77. The molecule has 1 aliphatic carbocycles. The van der Waals surface area contributed by atoms with Gasteiger partial charge in [0.15, 0.2) is 18.2 Å². The summed E-state index contributed by atoms with van der Waals surface area (Å²) >= 11 is 0. The molecule has 0 radical (unpaired) electrons. The maximum atomic E-state index is 13.3. The number of carbonyl (C=O) groups is 1. The minimum absolute atomic E-state index is 0.109. The van der Waals surface area contributed by atoms with Crippen LogP contribution in [-0.2, 0) is 4.79 Å². The fourth-order valence-electron chi connectivity index (χ4n) is 2.25. The van der Waals surface area contributed by atoms with Gasteiger partial charge in [0.25, 0.3) is 5.91 Å². The topological polar surface area (TPSA) is 38.3 Å². The van der Waals surface area contributed by atoms with Crippen molar-refractivity contribution in [3.05, 3.63) is 41.7 Å². The summed E-state index contributed by atoms with van der Waals surface area (Å²) in [6.45, 7) is 0.464. The van der Waals surface area contributed by atoms with Gasteiger partial charge in [-0.05, 0) is 44.2 Å². The molecule has 1 aliphatic rings. The minimum Gasteiger partial charge on any atom is -0.481 e. The van der Waals surface area contributed by atoms with Crippen LogP contribution in [0.25, 0.3) is 0 Å². The first-order chi connectivity index (χ1) is 9.75. The molecule has 1 N–H and O–H groups in total. The fraction of sp³-hybridized carbons (Fsp3) is 0.438. The Labute approximate surface area is 118 Å². The van der Waals surface area contributed by atoms with Crippen LogP contribution in [0.15, 0.2) is 35.9 Å². The average Bonchev–Trinajstić information content (AvgIpc) is 2.47. The van der Waals surface area contributed by atoms with Crippen LogP contribution < -0.4 is 10.1 Å². The van der Waals surface area contributed by atoms with Crippen molar-refractivity contribution in [3.8, 4) is 5.75 Å². The van der Waals surface area contributed by atoms with Crippen LogP contribution in [0.1, 0.15) is 32.1 Å². The summed E-state index contributed by atoms with van der Waals surface area (Å²) in [5.74, 6) is -0.560. The monoisotopic (exact) mass is 277 g/mol. The molecule has 108 valence electrons. The van der Waals surface area contributed by atoms with Crippen molar-refractivity contribution < 1.29 is 13.9 Å². The Kier molecular flexibility index (Phi) is 5.59. The summed E-state index contributed by atoms with van der Waals surface area (Å²) in [7, 11) is 0. The van der Waals surface area contributed by atoms with E-state index in [0.29, 0.717) is 6.54 Å². The van der Waals surface area contributed by atoms with E-state index in [2.05, 4.69) is 11.4 Å². The van der Waals surface area contributed by atoms with Gasteiger partial charge in [-0.2, -0.15) is 0 Å². The van der Waals surface area contributed by atoms with Gasteiger partial charge in [-0.3, -0.25) is 4.79 Å². The van der Waals surface area contributed by atoms with E-state index in [0.717, 1.165) is 19.3 Å². The van der Waals surface area contributed by atoms with Crippen molar-refractivity contribution in [2.24, 2.45) is 0 Å². The molecule has 0 saturated heterocycles. The zero-order valence-electron chi connectivity index (χ0n) is 11.5. The number of nitrogens with one attached hydrogen (secondary N) is 1. The largest absolute Gasteiger partial charge is 0.481 e. The number of ether oxygens (including phenoxy) is 1. The number of carbonyl (C=O) groups excluding carboxylic acids is 1. The Morgan fingerprint density at radius 3 is 2.90 bits per heavy atom. The predicted octanol–water partition coefficient (Wildman–Crippen LogP) is 3.21. The summed E-state index contributed by atoms with van der Waals surface area (Å²) in [5.41, 5.74) is 1.42. The summed E-state index contributed by atoms with van der Waals surface area (Å²) in [6.07, 6.45) is 7.97. The van der Waals surface area contributed by atoms with Crippen molar-refractivity contribution in [3.63, 3.8) is 0 Å². The Morgan fingerprint density at radius 2 is 2.15 bits per heavy atom. The molecule has 1 aromatic rings. The lowest BCUT2D eigenvalue weighted by molar-refractivity contribution is -0.123. The molecular formula is C16H20FNO2. The molecule has 0 heterocycles. The smallest absolute Gasteiger partial charge is 0.257 e. The van der Waals surface area contributed by atoms with Crippen LogP contribution in [-0.4, -0.2) is 19.1 Å². The number of amides is 1. The normalized spacial score (nSPS) is 14.6. The molecule has 0 aliphatic heterocycles. The van der Waals surface area contributed by atoms with Crippen molar-refractivity contribution in [1.82, 2.24) is 5.32 Å². The van der Waals surface area contributed by atoms with Gasteiger partial charge in [-0.1, -0.05) is 23.8 Å². The minimum atomic E-state index is -0.451. The van der Waals surface area contributed by atoms with E-state index in [9.17, 15) is 9.18 Å². The lowest BCUT2D eigenvalue weighted by Crippen LogP contribution is -2.30. The molecular weight excluding hydrogens is 257 g/mol. The molecule has 0 aromatic heterocycles. The summed E-state index contributed by atoms with van der Waals surface area (Å²) < 4.78 is 18.4. The lowest BCUT2D eigenvalue weighted by Gasteiger charge is -2.13. The maximum absolute atomic E-state index is 13.3. The number of halogens is 1. The maximum Gasteiger partial charge on any atom is 0.257 e. The molecule has 0 bridgehead atoms. The molecule has 0 unspecified atom stereocenters. The second-order valence-electron chi connectivity index (χ2n) is 4.93. The van der Waals surface area contributed by atoms with Gasteiger partial charge in [0.1, 0.15) is 0 Å². The van der Waals surface area contributed by atoms with Crippen LogP contribution in [0, 0.1) is 5.82 Å². The van der Waals surface area contributed by atoms with E-state index >= 15 is 0 Å². The molecule has 0 saturated carbocycles. The highest BCUT2D eigenvalue weighted by Gasteiger charge is 2.07. The third-order valence-electron chi connectivity index (χ3n) is 3.35. The first-order valence-electron chi connectivity index (χ1n) is 7.07. The number of rotatable bonds is 6. The van der Waals surface area contributed by atoms with Gasteiger partial charge in [0, 0.05) is 6.54 Å². The summed E-state index contributed by atoms with van der Waals surface area (Å²) in [4.78, 5) is 11.6. The Hall–Kier alpha value is -1.84. The van der Waals surface area contributed by atoms with Crippen LogP contribution >= 0.6 is 0 Å². The van der Waals surface area contributed by atoms with Crippen molar-refractivity contribution in [2.45, 2.75) is 32.1 Å². The molecule has 4 heteroatoms. The van der Waals surface area contributed by atoms with Crippen molar-refractivity contribution >= 4 is 5.91 Å². The van der Waals surface area contributed by atoms with Crippen LogP contribution in [0.2, 0.25) is 0 Å². The van der Waals surface area contributed by atoms with E-state index < -0.39 is 5.82 Å². The zero-order chi connectivity index (χ0) is 14.2. The number of hydrogen-bond donors (Lipinski definition) is 1. The summed E-state index contributed by atoms with van der Waals surface area (Å²) in [5, 5.41) is 2.79. The van der Waals surface area contributed by atoms with Crippen molar-refractivity contribution in [2.75, 3.05) is 13.2 Å². The van der Waals surface area contributed by atoms with Crippen LogP contribution in [0.3, 0.4) is 0 Å². The van der Waals surface area contributed by atoms with Gasteiger partial charge >= 0.3 is 0 Å². The highest BCUT2D eigenvalue weighted by Crippen LogP contribution is 2.19. The van der Waals surface area contributed by atoms with Gasteiger partial charge in [-0.15, -0.1) is 0 Å².